The van der Waals surface area contributed by atoms with Crippen molar-refractivity contribution in [2.24, 2.45) is 0 Å². The standard InChI is InChI=1S/C9H12F2N2O/c1-5(14)4-13-9-7(10)2-6(12)3-8(9)11/h2-3,5,13-14H,4,12H2,1H3. The lowest BCUT2D eigenvalue weighted by molar-refractivity contribution is 0.208. The summed E-state index contributed by atoms with van der Waals surface area (Å²) >= 11 is 0. The number of hydrogen-bond acceptors (Lipinski definition) is 3. The molecule has 0 saturated heterocycles. The molecule has 0 aromatic heterocycles. The maximum absolute atomic E-state index is 13.1. The Morgan fingerprint density at radius 1 is 1.43 bits per heavy atom. The summed E-state index contributed by atoms with van der Waals surface area (Å²) in [5.41, 5.74) is 4.99. The molecule has 1 rings (SSSR count). The quantitative estimate of drug-likeness (QED) is 0.648. The predicted molar refractivity (Wildman–Crippen MR) is 50.9 cm³/mol. The van der Waals surface area contributed by atoms with Crippen molar-refractivity contribution in [2.45, 2.75) is 13.0 Å². The number of aliphatic hydroxyl groups is 1. The number of hydrogen-bond donors (Lipinski definition) is 3. The van der Waals surface area contributed by atoms with E-state index >= 15 is 0 Å². The van der Waals surface area contributed by atoms with Gasteiger partial charge in [0, 0.05) is 12.2 Å². The van der Waals surface area contributed by atoms with Crippen molar-refractivity contribution >= 4 is 11.4 Å². The van der Waals surface area contributed by atoms with Crippen LogP contribution in [0.1, 0.15) is 6.92 Å². The van der Waals surface area contributed by atoms with Gasteiger partial charge in [-0.15, -0.1) is 0 Å². The number of anilines is 2. The molecular weight excluding hydrogens is 190 g/mol. The molecule has 0 radical (unpaired) electrons. The molecule has 0 saturated carbocycles. The molecule has 4 N–H and O–H groups in total. The molecule has 1 aromatic rings. The van der Waals surface area contributed by atoms with Crippen LogP contribution >= 0.6 is 0 Å². The first-order valence-corrected chi connectivity index (χ1v) is 4.17. The highest BCUT2D eigenvalue weighted by Crippen LogP contribution is 2.21. The fourth-order valence-electron chi connectivity index (χ4n) is 1.01. The van der Waals surface area contributed by atoms with Crippen LogP contribution in [0, 0.1) is 11.6 Å². The Morgan fingerprint density at radius 2 is 1.93 bits per heavy atom. The van der Waals surface area contributed by atoms with Crippen LogP contribution < -0.4 is 11.1 Å². The van der Waals surface area contributed by atoms with E-state index in [0.717, 1.165) is 12.1 Å². The molecule has 1 unspecified atom stereocenters. The Hall–Kier alpha value is -1.36. The van der Waals surface area contributed by atoms with Crippen molar-refractivity contribution in [1.29, 1.82) is 0 Å². The van der Waals surface area contributed by atoms with Gasteiger partial charge in [0.2, 0.25) is 0 Å². The second kappa shape index (κ2) is 4.23. The molecule has 0 spiro atoms. The van der Waals surface area contributed by atoms with Gasteiger partial charge in [0.15, 0.2) is 11.6 Å². The van der Waals surface area contributed by atoms with Gasteiger partial charge in [-0.2, -0.15) is 0 Å². The summed E-state index contributed by atoms with van der Waals surface area (Å²) in [5.74, 6) is -1.52. The lowest BCUT2D eigenvalue weighted by Gasteiger charge is -2.10. The van der Waals surface area contributed by atoms with Crippen LogP contribution in [0.3, 0.4) is 0 Å². The Morgan fingerprint density at radius 3 is 2.36 bits per heavy atom. The third kappa shape index (κ3) is 2.56. The molecule has 14 heavy (non-hydrogen) atoms. The first-order valence-electron chi connectivity index (χ1n) is 4.17. The zero-order valence-electron chi connectivity index (χ0n) is 7.72. The Balaban J connectivity index is 2.86. The molecule has 0 aliphatic carbocycles. The second-order valence-electron chi connectivity index (χ2n) is 3.09. The largest absolute Gasteiger partial charge is 0.399 e. The molecule has 0 fully saturated rings. The second-order valence-corrected chi connectivity index (χ2v) is 3.09. The van der Waals surface area contributed by atoms with Crippen LogP contribution in [-0.2, 0) is 0 Å². The van der Waals surface area contributed by atoms with E-state index in [1.54, 1.807) is 0 Å². The molecule has 5 heteroatoms. The smallest absolute Gasteiger partial charge is 0.151 e. The van der Waals surface area contributed by atoms with Crippen molar-refractivity contribution in [3.05, 3.63) is 23.8 Å². The average Bonchev–Trinajstić information content (AvgIpc) is 2.01. The monoisotopic (exact) mass is 202 g/mol. The Bertz CT molecular complexity index is 306. The number of nitrogen functional groups attached to an aromatic ring is 1. The van der Waals surface area contributed by atoms with E-state index in [-0.39, 0.29) is 17.9 Å². The van der Waals surface area contributed by atoms with Gasteiger partial charge in [-0.3, -0.25) is 0 Å². The average molecular weight is 202 g/mol. The van der Waals surface area contributed by atoms with E-state index in [1.165, 1.54) is 6.92 Å². The van der Waals surface area contributed by atoms with Crippen LogP contribution in [0.25, 0.3) is 0 Å². The summed E-state index contributed by atoms with van der Waals surface area (Å²) in [6.45, 7) is 1.60. The summed E-state index contributed by atoms with van der Waals surface area (Å²) in [6.07, 6.45) is -0.675. The van der Waals surface area contributed by atoms with Gasteiger partial charge in [0.05, 0.1) is 6.10 Å². The SMILES string of the molecule is CC(O)CNc1c(F)cc(N)cc1F. The van der Waals surface area contributed by atoms with Crippen LogP contribution in [0.15, 0.2) is 12.1 Å². The van der Waals surface area contributed by atoms with E-state index in [4.69, 9.17) is 10.8 Å². The number of aliphatic hydroxyl groups excluding tert-OH is 1. The zero-order valence-corrected chi connectivity index (χ0v) is 7.72. The van der Waals surface area contributed by atoms with E-state index < -0.39 is 17.7 Å². The van der Waals surface area contributed by atoms with Gasteiger partial charge in [-0.1, -0.05) is 0 Å². The van der Waals surface area contributed by atoms with Crippen molar-refractivity contribution < 1.29 is 13.9 Å². The molecule has 78 valence electrons. The molecule has 1 aromatic carbocycles. The first-order chi connectivity index (χ1) is 6.50. The summed E-state index contributed by atoms with van der Waals surface area (Å²) in [5, 5.41) is 11.4. The van der Waals surface area contributed by atoms with Crippen molar-refractivity contribution in [3.8, 4) is 0 Å². The third-order valence-corrected chi connectivity index (χ3v) is 1.64. The van der Waals surface area contributed by atoms with Gasteiger partial charge in [0.25, 0.3) is 0 Å². The van der Waals surface area contributed by atoms with Gasteiger partial charge in [-0.25, -0.2) is 8.78 Å². The lowest BCUT2D eigenvalue weighted by atomic mass is 10.2. The fourth-order valence-corrected chi connectivity index (χ4v) is 1.01. The topological polar surface area (TPSA) is 58.3 Å². The molecule has 0 amide bonds. The third-order valence-electron chi connectivity index (χ3n) is 1.64. The van der Waals surface area contributed by atoms with Gasteiger partial charge < -0.3 is 16.2 Å². The van der Waals surface area contributed by atoms with E-state index in [0.29, 0.717) is 0 Å². The maximum atomic E-state index is 13.1. The number of halogens is 2. The minimum absolute atomic E-state index is 0.0302. The molecule has 0 aliphatic heterocycles. The number of rotatable bonds is 3. The molecule has 3 nitrogen and oxygen atoms in total. The Kier molecular flexibility index (Phi) is 3.24. The highest BCUT2D eigenvalue weighted by Gasteiger charge is 2.10. The lowest BCUT2D eigenvalue weighted by Crippen LogP contribution is -2.17. The minimum atomic E-state index is -0.761. The Labute approximate surface area is 80.5 Å². The van der Waals surface area contributed by atoms with E-state index in [1.807, 2.05) is 0 Å². The number of nitrogens with two attached hydrogens (primary N) is 1. The number of nitrogens with one attached hydrogen (secondary N) is 1. The summed E-state index contributed by atoms with van der Waals surface area (Å²) < 4.78 is 26.2. The summed E-state index contributed by atoms with van der Waals surface area (Å²) in [6, 6.07) is 2.04. The fraction of sp³-hybridized carbons (Fsp3) is 0.333. The predicted octanol–water partition coefficient (Wildman–Crippen LogP) is 1.34. The van der Waals surface area contributed by atoms with Gasteiger partial charge in [-0.05, 0) is 19.1 Å². The van der Waals surface area contributed by atoms with E-state index in [9.17, 15) is 8.78 Å². The van der Waals surface area contributed by atoms with E-state index in [2.05, 4.69) is 5.32 Å². The highest BCUT2D eigenvalue weighted by molar-refractivity contribution is 5.54. The molecule has 0 aliphatic rings. The van der Waals surface area contributed by atoms with Crippen molar-refractivity contribution in [1.82, 2.24) is 0 Å². The normalized spacial score (nSPS) is 12.6. The summed E-state index contributed by atoms with van der Waals surface area (Å²) in [7, 11) is 0. The number of benzene rings is 1. The first kappa shape index (κ1) is 10.7. The molecule has 0 heterocycles. The molecule has 0 bridgehead atoms. The van der Waals surface area contributed by atoms with Crippen LogP contribution in [-0.4, -0.2) is 17.8 Å². The highest BCUT2D eigenvalue weighted by atomic mass is 19.1. The molecule has 1 atom stereocenters. The van der Waals surface area contributed by atoms with Gasteiger partial charge in [0.1, 0.15) is 5.69 Å². The van der Waals surface area contributed by atoms with Crippen LogP contribution in [0.4, 0.5) is 20.2 Å². The molecular formula is C9H12F2N2O. The zero-order chi connectivity index (χ0) is 10.7. The van der Waals surface area contributed by atoms with Crippen LogP contribution in [0.5, 0.6) is 0 Å². The van der Waals surface area contributed by atoms with Gasteiger partial charge >= 0.3 is 0 Å². The minimum Gasteiger partial charge on any atom is -0.399 e. The summed E-state index contributed by atoms with van der Waals surface area (Å²) in [4.78, 5) is 0. The maximum Gasteiger partial charge on any atom is 0.151 e. The van der Waals surface area contributed by atoms with Crippen molar-refractivity contribution in [2.75, 3.05) is 17.6 Å². The van der Waals surface area contributed by atoms with Crippen LogP contribution in [0.2, 0.25) is 0 Å². The van der Waals surface area contributed by atoms with Crippen molar-refractivity contribution in [3.63, 3.8) is 0 Å².